The lowest BCUT2D eigenvalue weighted by molar-refractivity contribution is 0.858. The van der Waals surface area contributed by atoms with Gasteiger partial charge in [0.2, 0.25) is 0 Å². The number of benzene rings is 1. The molecule has 0 aliphatic carbocycles. The van der Waals surface area contributed by atoms with Crippen molar-refractivity contribution in [2.24, 2.45) is 0 Å². The van der Waals surface area contributed by atoms with Gasteiger partial charge in [0.1, 0.15) is 5.52 Å². The zero-order valence-corrected chi connectivity index (χ0v) is 10.7. The zero-order chi connectivity index (χ0) is 12.7. The zero-order valence-electron chi connectivity index (χ0n) is 10.7. The van der Waals surface area contributed by atoms with Crippen molar-refractivity contribution in [3.05, 3.63) is 47.4 Å². The Balaban J connectivity index is 2.37. The van der Waals surface area contributed by atoms with Gasteiger partial charge in [0.05, 0.1) is 22.8 Å². The summed E-state index contributed by atoms with van der Waals surface area (Å²) in [4.78, 5) is 0. The second-order valence-electron chi connectivity index (χ2n) is 4.43. The van der Waals surface area contributed by atoms with Crippen LogP contribution in [-0.2, 0) is 0 Å². The van der Waals surface area contributed by atoms with Gasteiger partial charge in [0.25, 0.3) is 0 Å². The van der Waals surface area contributed by atoms with Crippen molar-refractivity contribution in [3.63, 3.8) is 0 Å². The van der Waals surface area contributed by atoms with E-state index in [9.17, 15) is 0 Å². The highest BCUT2D eigenvalue weighted by atomic mass is 15.3. The van der Waals surface area contributed by atoms with Crippen molar-refractivity contribution >= 4 is 10.9 Å². The predicted molar refractivity (Wildman–Crippen MR) is 70.9 cm³/mol. The number of aromatic nitrogens is 4. The van der Waals surface area contributed by atoms with E-state index in [4.69, 9.17) is 0 Å². The molecule has 3 aromatic rings. The molecule has 0 saturated heterocycles. The SMILES string of the molecule is Cc1nnc(C)c2c(C)n(-c3ccccc3)nc12. The van der Waals surface area contributed by atoms with Crippen LogP contribution >= 0.6 is 0 Å². The van der Waals surface area contributed by atoms with E-state index in [1.54, 1.807) is 0 Å². The van der Waals surface area contributed by atoms with Gasteiger partial charge in [-0.3, -0.25) is 0 Å². The molecule has 4 nitrogen and oxygen atoms in total. The van der Waals surface area contributed by atoms with Crippen molar-refractivity contribution in [3.8, 4) is 5.69 Å². The molecule has 2 heterocycles. The van der Waals surface area contributed by atoms with Gasteiger partial charge < -0.3 is 0 Å². The quantitative estimate of drug-likeness (QED) is 0.654. The summed E-state index contributed by atoms with van der Waals surface area (Å²) in [5.41, 5.74) is 4.89. The molecule has 0 spiro atoms. The minimum Gasteiger partial charge on any atom is -0.237 e. The standard InChI is InChI=1S/C14H14N4/c1-9-13-11(3)18(12-7-5-4-6-8-12)17-14(13)10(2)16-15-9/h4-8H,1-3H3. The highest BCUT2D eigenvalue weighted by Crippen LogP contribution is 2.24. The molecule has 0 radical (unpaired) electrons. The van der Waals surface area contributed by atoms with Crippen LogP contribution in [0.2, 0.25) is 0 Å². The summed E-state index contributed by atoms with van der Waals surface area (Å²) in [6.45, 7) is 5.98. The molecule has 18 heavy (non-hydrogen) atoms. The Morgan fingerprint density at radius 2 is 1.56 bits per heavy atom. The first kappa shape index (κ1) is 10.9. The number of rotatable bonds is 1. The van der Waals surface area contributed by atoms with E-state index < -0.39 is 0 Å². The molecule has 0 fully saturated rings. The van der Waals surface area contributed by atoms with Crippen LogP contribution in [0.1, 0.15) is 17.1 Å². The van der Waals surface area contributed by atoms with E-state index in [0.717, 1.165) is 33.7 Å². The van der Waals surface area contributed by atoms with E-state index >= 15 is 0 Å². The first-order chi connectivity index (χ1) is 8.68. The predicted octanol–water partition coefficient (Wildman–Crippen LogP) is 2.74. The van der Waals surface area contributed by atoms with Crippen LogP contribution < -0.4 is 0 Å². The summed E-state index contributed by atoms with van der Waals surface area (Å²) < 4.78 is 1.95. The van der Waals surface area contributed by atoms with Crippen molar-refractivity contribution in [1.29, 1.82) is 0 Å². The third-order valence-corrected chi connectivity index (χ3v) is 3.17. The smallest absolute Gasteiger partial charge is 0.118 e. The Morgan fingerprint density at radius 1 is 0.889 bits per heavy atom. The fourth-order valence-electron chi connectivity index (χ4n) is 2.26. The van der Waals surface area contributed by atoms with Gasteiger partial charge in [0, 0.05) is 5.39 Å². The number of nitrogens with zero attached hydrogens (tertiary/aromatic N) is 4. The Kier molecular flexibility index (Phi) is 2.37. The molecule has 0 saturated carbocycles. The fraction of sp³-hybridized carbons (Fsp3) is 0.214. The lowest BCUT2D eigenvalue weighted by atomic mass is 10.2. The van der Waals surface area contributed by atoms with Crippen LogP contribution in [0.5, 0.6) is 0 Å². The Hall–Kier alpha value is -2.23. The second-order valence-corrected chi connectivity index (χ2v) is 4.43. The van der Waals surface area contributed by atoms with E-state index in [2.05, 4.69) is 22.2 Å². The largest absolute Gasteiger partial charge is 0.237 e. The highest BCUT2D eigenvalue weighted by molar-refractivity contribution is 5.85. The Labute approximate surface area is 105 Å². The molecule has 0 aliphatic rings. The lowest BCUT2D eigenvalue weighted by Gasteiger charge is -2.03. The molecule has 0 unspecified atom stereocenters. The maximum Gasteiger partial charge on any atom is 0.118 e. The van der Waals surface area contributed by atoms with E-state index in [1.165, 1.54) is 0 Å². The van der Waals surface area contributed by atoms with Gasteiger partial charge in [-0.05, 0) is 32.9 Å². The molecule has 0 aliphatic heterocycles. The van der Waals surface area contributed by atoms with Gasteiger partial charge in [-0.1, -0.05) is 18.2 Å². The first-order valence-corrected chi connectivity index (χ1v) is 5.93. The summed E-state index contributed by atoms with van der Waals surface area (Å²) in [6, 6.07) is 10.1. The molecule has 3 rings (SSSR count). The number of hydrogen-bond acceptors (Lipinski definition) is 3. The van der Waals surface area contributed by atoms with Crippen molar-refractivity contribution < 1.29 is 0 Å². The Morgan fingerprint density at radius 3 is 2.22 bits per heavy atom. The molecule has 0 bridgehead atoms. The van der Waals surface area contributed by atoms with Crippen LogP contribution in [0, 0.1) is 20.8 Å². The van der Waals surface area contributed by atoms with Gasteiger partial charge in [-0.25, -0.2) is 4.68 Å². The number of aryl methyl sites for hydroxylation is 3. The minimum absolute atomic E-state index is 0.869. The van der Waals surface area contributed by atoms with Crippen LogP contribution in [0.25, 0.3) is 16.6 Å². The summed E-state index contributed by atoms with van der Waals surface area (Å²) >= 11 is 0. The average Bonchev–Trinajstić information content (AvgIpc) is 2.74. The fourth-order valence-corrected chi connectivity index (χ4v) is 2.26. The maximum atomic E-state index is 4.66. The third kappa shape index (κ3) is 1.49. The summed E-state index contributed by atoms with van der Waals surface area (Å²) in [5, 5.41) is 14.1. The van der Waals surface area contributed by atoms with E-state index in [-0.39, 0.29) is 0 Å². The van der Waals surface area contributed by atoms with Crippen molar-refractivity contribution in [2.45, 2.75) is 20.8 Å². The van der Waals surface area contributed by atoms with Gasteiger partial charge in [-0.15, -0.1) is 0 Å². The van der Waals surface area contributed by atoms with Crippen LogP contribution in [0.4, 0.5) is 0 Å². The molecule has 2 aromatic heterocycles. The minimum atomic E-state index is 0.869. The molecule has 0 N–H and O–H groups in total. The average molecular weight is 238 g/mol. The number of hydrogen-bond donors (Lipinski definition) is 0. The van der Waals surface area contributed by atoms with Gasteiger partial charge in [0.15, 0.2) is 0 Å². The van der Waals surface area contributed by atoms with Crippen LogP contribution in [0.15, 0.2) is 30.3 Å². The first-order valence-electron chi connectivity index (χ1n) is 5.93. The molecule has 0 amide bonds. The Bertz CT molecular complexity index is 713. The summed E-state index contributed by atoms with van der Waals surface area (Å²) in [7, 11) is 0. The van der Waals surface area contributed by atoms with Gasteiger partial charge >= 0.3 is 0 Å². The van der Waals surface area contributed by atoms with Crippen molar-refractivity contribution in [2.75, 3.05) is 0 Å². The number of fused-ring (bicyclic) bond motifs is 1. The van der Waals surface area contributed by atoms with E-state index in [0.29, 0.717) is 0 Å². The summed E-state index contributed by atoms with van der Waals surface area (Å²) in [6.07, 6.45) is 0. The lowest BCUT2D eigenvalue weighted by Crippen LogP contribution is -1.97. The van der Waals surface area contributed by atoms with Crippen LogP contribution in [-0.4, -0.2) is 20.0 Å². The number of para-hydroxylation sites is 1. The molecule has 1 aromatic carbocycles. The third-order valence-electron chi connectivity index (χ3n) is 3.17. The van der Waals surface area contributed by atoms with Crippen molar-refractivity contribution in [1.82, 2.24) is 20.0 Å². The van der Waals surface area contributed by atoms with Crippen LogP contribution in [0.3, 0.4) is 0 Å². The molecule has 0 atom stereocenters. The van der Waals surface area contributed by atoms with Gasteiger partial charge in [-0.2, -0.15) is 15.3 Å². The maximum absolute atomic E-state index is 4.66. The monoisotopic (exact) mass is 238 g/mol. The second kappa shape index (κ2) is 3.91. The highest BCUT2D eigenvalue weighted by Gasteiger charge is 2.14. The summed E-state index contributed by atoms with van der Waals surface area (Å²) in [5.74, 6) is 0. The normalized spacial score (nSPS) is 11.1. The molecule has 90 valence electrons. The molecular weight excluding hydrogens is 224 g/mol. The molecule has 4 heteroatoms. The topological polar surface area (TPSA) is 43.6 Å². The van der Waals surface area contributed by atoms with E-state index in [1.807, 2.05) is 48.9 Å². The molecular formula is C14H14N4.